The molecular formula is C33H45NO6. The quantitative estimate of drug-likeness (QED) is 0.334. The highest BCUT2D eigenvalue weighted by Gasteiger charge is 2.84. The minimum atomic E-state index is -1.21. The first-order valence-corrected chi connectivity index (χ1v) is 15.2. The maximum absolute atomic E-state index is 13.6. The van der Waals surface area contributed by atoms with Crippen molar-refractivity contribution in [1.29, 1.82) is 0 Å². The summed E-state index contributed by atoms with van der Waals surface area (Å²) >= 11 is 0. The van der Waals surface area contributed by atoms with E-state index in [-0.39, 0.29) is 23.9 Å². The molecule has 4 aliphatic carbocycles. The third kappa shape index (κ3) is 3.73. The molecule has 0 aromatic heterocycles. The number of carboxylic acid groups (broad SMARTS) is 1. The van der Waals surface area contributed by atoms with Gasteiger partial charge in [0.05, 0.1) is 25.2 Å². The lowest BCUT2D eigenvalue weighted by Gasteiger charge is -2.58. The van der Waals surface area contributed by atoms with Crippen molar-refractivity contribution in [2.75, 3.05) is 26.8 Å². The highest BCUT2D eigenvalue weighted by atomic mass is 16.7. The average molecular weight is 552 g/mol. The Morgan fingerprint density at radius 3 is 2.58 bits per heavy atom. The number of allylic oxidation sites excluding steroid dienone is 1. The second kappa shape index (κ2) is 9.95. The van der Waals surface area contributed by atoms with Crippen molar-refractivity contribution >= 4 is 12.3 Å². The Kier molecular flexibility index (Phi) is 6.95. The molecule has 1 aromatic rings. The molecule has 1 N–H and O–H groups in total. The highest BCUT2D eigenvalue weighted by molar-refractivity contribution is 5.90. The SMILES string of the molecule is COc1ccc(CN2C[C@H](OC[C@@]34C[C@@H]5[C@H](C)CC[C@H]5[C@]5(C=O)C[C@@H]3C=C(C(C)C)[C@@]45C(=O)O)O[C@H](C)C2)cc1. The molecule has 0 amide bonds. The summed E-state index contributed by atoms with van der Waals surface area (Å²) < 4.78 is 18.3. The van der Waals surface area contributed by atoms with E-state index in [0.717, 1.165) is 50.0 Å². The molecule has 9 atom stereocenters. The number of carboxylic acids is 1. The molecule has 6 rings (SSSR count). The maximum Gasteiger partial charge on any atom is 0.315 e. The molecule has 5 aliphatic rings. The monoisotopic (exact) mass is 551 g/mol. The van der Waals surface area contributed by atoms with Crippen molar-refractivity contribution in [1.82, 2.24) is 4.90 Å². The molecule has 0 unspecified atom stereocenters. The van der Waals surface area contributed by atoms with E-state index in [1.54, 1.807) is 7.11 Å². The molecule has 4 bridgehead atoms. The number of carbonyl (C=O) groups is 2. The first-order chi connectivity index (χ1) is 19.1. The van der Waals surface area contributed by atoms with Crippen LogP contribution in [0.2, 0.25) is 0 Å². The van der Waals surface area contributed by atoms with Gasteiger partial charge in [-0.1, -0.05) is 51.0 Å². The standard InChI is InChI=1S/C33H45NO6/c1-20(2)28-12-24-13-31(18-35)27-11-6-21(3)26(27)14-32(24,33(28,31)30(36)37)19-39-29-17-34(15-22(4)40-29)16-23-7-9-25(38-5)10-8-23/h7-10,12,18,20-22,24,26-27,29H,6,11,13-17,19H2,1-5H3,(H,36,37)/t21-,22-,24+,26-,27-,29-,31-,32+,33+/m1/s1. The van der Waals surface area contributed by atoms with Gasteiger partial charge >= 0.3 is 5.97 Å². The van der Waals surface area contributed by atoms with Gasteiger partial charge in [0.15, 0.2) is 6.29 Å². The lowest BCUT2D eigenvalue weighted by Crippen LogP contribution is -2.64. The van der Waals surface area contributed by atoms with E-state index in [1.165, 1.54) is 5.56 Å². The van der Waals surface area contributed by atoms with Gasteiger partial charge in [0.2, 0.25) is 0 Å². The van der Waals surface area contributed by atoms with Crippen LogP contribution in [0.4, 0.5) is 0 Å². The van der Waals surface area contributed by atoms with E-state index in [2.05, 4.69) is 50.8 Å². The fourth-order valence-electron chi connectivity index (χ4n) is 10.1. The predicted molar refractivity (Wildman–Crippen MR) is 151 cm³/mol. The van der Waals surface area contributed by atoms with Gasteiger partial charge in [-0.2, -0.15) is 0 Å². The summed E-state index contributed by atoms with van der Waals surface area (Å²) in [6.45, 7) is 11.0. The maximum atomic E-state index is 13.6. The Bertz CT molecular complexity index is 1180. The second-order valence-corrected chi connectivity index (χ2v) is 13.7. The van der Waals surface area contributed by atoms with Gasteiger partial charge in [-0.05, 0) is 73.5 Å². The van der Waals surface area contributed by atoms with Crippen LogP contribution in [0.15, 0.2) is 35.9 Å². The number of hydrogen-bond acceptors (Lipinski definition) is 6. The Labute approximate surface area is 238 Å². The summed E-state index contributed by atoms with van der Waals surface area (Å²) in [5, 5.41) is 11.2. The summed E-state index contributed by atoms with van der Waals surface area (Å²) in [4.78, 5) is 29.2. The molecule has 4 fully saturated rings. The number of aldehydes is 1. The molecule has 7 nitrogen and oxygen atoms in total. The Hall–Kier alpha value is -2.22. The summed E-state index contributed by atoms with van der Waals surface area (Å²) in [6.07, 6.45) is 6.29. The lowest BCUT2D eigenvalue weighted by molar-refractivity contribution is -0.237. The number of methoxy groups -OCH3 is 1. The van der Waals surface area contributed by atoms with E-state index in [1.807, 2.05) is 12.1 Å². The van der Waals surface area contributed by atoms with Gasteiger partial charge in [-0.15, -0.1) is 0 Å². The smallest absolute Gasteiger partial charge is 0.315 e. The molecule has 3 saturated carbocycles. The summed E-state index contributed by atoms with van der Waals surface area (Å²) in [6, 6.07) is 8.12. The van der Waals surface area contributed by atoms with Crippen LogP contribution in [0.25, 0.3) is 0 Å². The molecule has 1 heterocycles. The number of morpholine rings is 1. The van der Waals surface area contributed by atoms with E-state index in [4.69, 9.17) is 14.2 Å². The zero-order valence-corrected chi connectivity index (χ0v) is 24.6. The fourth-order valence-corrected chi connectivity index (χ4v) is 10.1. The van der Waals surface area contributed by atoms with Crippen LogP contribution in [0.5, 0.6) is 5.75 Å². The van der Waals surface area contributed by atoms with Crippen LogP contribution in [0.1, 0.15) is 58.9 Å². The number of carbonyl (C=O) groups excluding carboxylic acids is 1. The molecule has 1 saturated heterocycles. The number of nitrogens with zero attached hydrogens (tertiary/aromatic N) is 1. The number of rotatable bonds is 9. The first-order valence-electron chi connectivity index (χ1n) is 15.2. The van der Waals surface area contributed by atoms with Crippen LogP contribution >= 0.6 is 0 Å². The Morgan fingerprint density at radius 2 is 1.93 bits per heavy atom. The minimum absolute atomic E-state index is 0.00719. The zero-order valence-electron chi connectivity index (χ0n) is 24.6. The fraction of sp³-hybridized carbons (Fsp3) is 0.697. The molecular weight excluding hydrogens is 506 g/mol. The van der Waals surface area contributed by atoms with Gasteiger partial charge in [-0.3, -0.25) is 9.69 Å². The van der Waals surface area contributed by atoms with Crippen LogP contribution in [-0.2, 0) is 25.6 Å². The molecule has 7 heteroatoms. The normalized spacial score (nSPS) is 42.1. The molecule has 0 spiro atoms. The van der Waals surface area contributed by atoms with Gasteiger partial charge in [0.25, 0.3) is 0 Å². The third-order valence-electron chi connectivity index (χ3n) is 11.5. The van der Waals surface area contributed by atoms with Crippen LogP contribution in [0, 0.1) is 45.8 Å². The summed E-state index contributed by atoms with van der Waals surface area (Å²) in [5.41, 5.74) is -0.570. The number of ether oxygens (including phenoxy) is 3. The first kappa shape index (κ1) is 27.9. The van der Waals surface area contributed by atoms with Crippen LogP contribution < -0.4 is 4.74 Å². The molecule has 40 heavy (non-hydrogen) atoms. The number of hydrogen-bond donors (Lipinski definition) is 1. The largest absolute Gasteiger partial charge is 0.497 e. The van der Waals surface area contributed by atoms with E-state index in [9.17, 15) is 14.7 Å². The van der Waals surface area contributed by atoms with Crippen molar-refractivity contribution in [3.05, 3.63) is 41.5 Å². The minimum Gasteiger partial charge on any atom is -0.497 e. The molecule has 0 radical (unpaired) electrons. The van der Waals surface area contributed by atoms with Gasteiger partial charge in [0.1, 0.15) is 17.5 Å². The van der Waals surface area contributed by atoms with Crippen LogP contribution in [0.3, 0.4) is 0 Å². The third-order valence-corrected chi connectivity index (χ3v) is 11.5. The summed E-state index contributed by atoms with van der Waals surface area (Å²) in [7, 11) is 1.67. The van der Waals surface area contributed by atoms with Crippen LogP contribution in [-0.4, -0.2) is 61.5 Å². The molecule has 218 valence electrons. The molecule has 1 aliphatic heterocycles. The van der Waals surface area contributed by atoms with Crippen molar-refractivity contribution in [2.45, 2.75) is 72.3 Å². The van der Waals surface area contributed by atoms with E-state index < -0.39 is 28.5 Å². The second-order valence-electron chi connectivity index (χ2n) is 13.7. The van der Waals surface area contributed by atoms with E-state index in [0.29, 0.717) is 31.4 Å². The summed E-state index contributed by atoms with van der Waals surface area (Å²) in [5.74, 6) is 1.06. The number of benzene rings is 1. The van der Waals surface area contributed by atoms with Crippen molar-refractivity contribution in [2.24, 2.45) is 45.8 Å². The highest BCUT2D eigenvalue weighted by Crippen LogP contribution is 2.82. The average Bonchev–Trinajstić information content (AvgIpc) is 3.49. The van der Waals surface area contributed by atoms with Gasteiger partial charge < -0.3 is 24.1 Å². The van der Waals surface area contributed by atoms with Crippen molar-refractivity contribution in [3.63, 3.8) is 0 Å². The molecule has 1 aromatic carbocycles. The number of fused-ring (bicyclic) bond motifs is 2. The Balaban J connectivity index is 1.29. The van der Waals surface area contributed by atoms with E-state index >= 15 is 0 Å². The van der Waals surface area contributed by atoms with Gasteiger partial charge in [0, 0.05) is 25.0 Å². The zero-order chi connectivity index (χ0) is 28.4. The lowest BCUT2D eigenvalue weighted by atomic mass is 9.43. The van der Waals surface area contributed by atoms with Crippen molar-refractivity contribution in [3.8, 4) is 5.75 Å². The topological polar surface area (TPSA) is 85.3 Å². The predicted octanol–water partition coefficient (Wildman–Crippen LogP) is 5.18. The Morgan fingerprint density at radius 1 is 1.18 bits per heavy atom. The number of aliphatic carboxylic acids is 1. The van der Waals surface area contributed by atoms with Crippen molar-refractivity contribution < 1.29 is 28.9 Å². The van der Waals surface area contributed by atoms with Gasteiger partial charge in [-0.25, -0.2) is 0 Å².